The Labute approximate surface area is 123 Å². The zero-order valence-electron chi connectivity index (χ0n) is 12.7. The van der Waals surface area contributed by atoms with Gasteiger partial charge in [-0.15, -0.1) is 0 Å². The Balaban J connectivity index is 2.40. The fourth-order valence-electron chi connectivity index (χ4n) is 1.64. The first-order chi connectivity index (χ1) is 9.69. The van der Waals surface area contributed by atoms with E-state index in [4.69, 9.17) is 4.74 Å². The number of carbonyl (C=O) groups excluding carboxylic acids is 1. The summed E-state index contributed by atoms with van der Waals surface area (Å²) >= 11 is 0. The zero-order chi connectivity index (χ0) is 16.0. The molecule has 1 rings (SSSR count). The summed E-state index contributed by atoms with van der Waals surface area (Å²) < 4.78 is 5.10. The molecular formula is C14H21N3O4. The first-order valence-electron chi connectivity index (χ1n) is 6.65. The van der Waals surface area contributed by atoms with Crippen LogP contribution in [-0.4, -0.2) is 29.7 Å². The number of non-ortho nitro benzene ring substituents is 1. The molecule has 0 spiro atoms. The minimum Gasteiger partial charge on any atom is -0.444 e. The van der Waals surface area contributed by atoms with Crippen LogP contribution in [0.3, 0.4) is 0 Å². The molecule has 0 aromatic heterocycles. The predicted octanol–water partition coefficient (Wildman–Crippen LogP) is 2.84. The summed E-state index contributed by atoms with van der Waals surface area (Å²) in [5, 5.41) is 16.4. The van der Waals surface area contributed by atoms with Crippen molar-refractivity contribution in [2.75, 3.05) is 18.4 Å². The number of nitro benzene ring substituents is 1. The number of rotatable bonds is 5. The number of hydrogen-bond acceptors (Lipinski definition) is 5. The van der Waals surface area contributed by atoms with Gasteiger partial charge in [0.1, 0.15) is 5.60 Å². The maximum Gasteiger partial charge on any atom is 0.407 e. The highest BCUT2D eigenvalue weighted by Gasteiger charge is 2.15. The van der Waals surface area contributed by atoms with E-state index in [0.29, 0.717) is 13.1 Å². The SMILES string of the molecule is Cc1cc([N+](=O)[O-])ccc1NCCNC(=O)OC(C)(C)C. The number of nitro groups is 1. The molecule has 7 nitrogen and oxygen atoms in total. The van der Waals surface area contributed by atoms with Crippen LogP contribution in [0.4, 0.5) is 16.2 Å². The second-order valence-electron chi connectivity index (χ2n) is 5.61. The summed E-state index contributed by atoms with van der Waals surface area (Å²) in [6.45, 7) is 8.07. The van der Waals surface area contributed by atoms with Crippen LogP contribution in [-0.2, 0) is 4.74 Å². The van der Waals surface area contributed by atoms with Crippen LogP contribution in [0, 0.1) is 17.0 Å². The van der Waals surface area contributed by atoms with Crippen LogP contribution in [0.15, 0.2) is 18.2 Å². The first kappa shape index (κ1) is 16.7. The van der Waals surface area contributed by atoms with Crippen LogP contribution >= 0.6 is 0 Å². The lowest BCUT2D eigenvalue weighted by atomic mass is 10.2. The van der Waals surface area contributed by atoms with Crippen LogP contribution in [0.25, 0.3) is 0 Å². The molecule has 0 aliphatic rings. The summed E-state index contributed by atoms with van der Waals surface area (Å²) in [5.74, 6) is 0. The normalized spacial score (nSPS) is 10.9. The summed E-state index contributed by atoms with van der Waals surface area (Å²) in [4.78, 5) is 21.6. The molecule has 7 heteroatoms. The third kappa shape index (κ3) is 6.11. The number of hydrogen-bond donors (Lipinski definition) is 2. The van der Waals surface area contributed by atoms with Gasteiger partial charge < -0.3 is 15.4 Å². The number of benzene rings is 1. The number of anilines is 1. The van der Waals surface area contributed by atoms with Crippen molar-refractivity contribution >= 4 is 17.5 Å². The lowest BCUT2D eigenvalue weighted by Crippen LogP contribution is -2.35. The van der Waals surface area contributed by atoms with Gasteiger partial charge in [-0.25, -0.2) is 4.79 Å². The fourth-order valence-corrected chi connectivity index (χ4v) is 1.64. The molecule has 0 heterocycles. The third-order valence-corrected chi connectivity index (χ3v) is 2.53. The Morgan fingerprint density at radius 2 is 2.00 bits per heavy atom. The second kappa shape index (κ2) is 6.92. The Morgan fingerprint density at radius 1 is 1.33 bits per heavy atom. The molecule has 0 radical (unpaired) electrons. The molecule has 0 aliphatic heterocycles. The molecule has 0 bridgehead atoms. The van der Waals surface area contributed by atoms with Crippen molar-refractivity contribution in [3.63, 3.8) is 0 Å². The lowest BCUT2D eigenvalue weighted by molar-refractivity contribution is -0.384. The van der Waals surface area contributed by atoms with Gasteiger partial charge in [-0.2, -0.15) is 0 Å². The van der Waals surface area contributed by atoms with E-state index in [2.05, 4.69) is 10.6 Å². The van der Waals surface area contributed by atoms with Crippen LogP contribution in [0.2, 0.25) is 0 Å². The maximum atomic E-state index is 11.4. The van der Waals surface area contributed by atoms with E-state index in [0.717, 1.165) is 11.3 Å². The van der Waals surface area contributed by atoms with Gasteiger partial charge in [0.15, 0.2) is 0 Å². The number of nitrogens with one attached hydrogen (secondary N) is 2. The lowest BCUT2D eigenvalue weighted by Gasteiger charge is -2.19. The highest BCUT2D eigenvalue weighted by atomic mass is 16.6. The summed E-state index contributed by atoms with van der Waals surface area (Å²) in [5.41, 5.74) is 1.12. The van der Waals surface area contributed by atoms with Gasteiger partial charge in [0.05, 0.1) is 4.92 Å². The van der Waals surface area contributed by atoms with Gasteiger partial charge in [-0.05, 0) is 39.3 Å². The average Bonchev–Trinajstić information content (AvgIpc) is 2.33. The minimum atomic E-state index is -0.521. The number of amides is 1. The van der Waals surface area contributed by atoms with Crippen molar-refractivity contribution in [1.29, 1.82) is 0 Å². The topological polar surface area (TPSA) is 93.5 Å². The summed E-state index contributed by atoms with van der Waals surface area (Å²) in [6, 6.07) is 4.60. The average molecular weight is 295 g/mol. The van der Waals surface area contributed by atoms with E-state index in [-0.39, 0.29) is 5.69 Å². The molecule has 0 unspecified atom stereocenters. The van der Waals surface area contributed by atoms with E-state index >= 15 is 0 Å². The Bertz CT molecular complexity index is 523. The molecule has 2 N–H and O–H groups in total. The molecule has 1 aromatic rings. The molecule has 0 saturated carbocycles. The van der Waals surface area contributed by atoms with Crippen molar-refractivity contribution < 1.29 is 14.5 Å². The molecule has 21 heavy (non-hydrogen) atoms. The van der Waals surface area contributed by atoms with Gasteiger partial charge in [0, 0.05) is 30.9 Å². The molecule has 0 aliphatic carbocycles. The first-order valence-corrected chi connectivity index (χ1v) is 6.65. The largest absolute Gasteiger partial charge is 0.444 e. The van der Waals surface area contributed by atoms with Crippen molar-refractivity contribution in [3.8, 4) is 0 Å². The second-order valence-corrected chi connectivity index (χ2v) is 5.61. The Kier molecular flexibility index (Phi) is 5.52. The molecule has 1 aromatic carbocycles. The van der Waals surface area contributed by atoms with Crippen LogP contribution in [0.5, 0.6) is 0 Å². The number of nitrogens with zero attached hydrogens (tertiary/aromatic N) is 1. The van der Waals surface area contributed by atoms with Crippen molar-refractivity contribution in [2.45, 2.75) is 33.3 Å². The summed E-state index contributed by atoms with van der Waals surface area (Å²) in [6.07, 6.45) is -0.468. The number of carbonyl (C=O) groups is 1. The van der Waals surface area contributed by atoms with Gasteiger partial charge in [-0.3, -0.25) is 10.1 Å². The van der Waals surface area contributed by atoms with Gasteiger partial charge in [-0.1, -0.05) is 0 Å². The van der Waals surface area contributed by atoms with Gasteiger partial charge >= 0.3 is 6.09 Å². The number of aryl methyl sites for hydroxylation is 1. The third-order valence-electron chi connectivity index (χ3n) is 2.53. The zero-order valence-corrected chi connectivity index (χ0v) is 12.7. The molecule has 0 saturated heterocycles. The Hall–Kier alpha value is -2.31. The molecule has 0 fully saturated rings. The quantitative estimate of drug-likeness (QED) is 0.495. The molecular weight excluding hydrogens is 274 g/mol. The van der Waals surface area contributed by atoms with Crippen molar-refractivity contribution in [1.82, 2.24) is 5.32 Å². The van der Waals surface area contributed by atoms with Gasteiger partial charge in [0.2, 0.25) is 0 Å². The number of alkyl carbamates (subject to hydrolysis) is 1. The monoisotopic (exact) mass is 295 g/mol. The van der Waals surface area contributed by atoms with E-state index in [1.165, 1.54) is 12.1 Å². The standard InChI is InChI=1S/C14H21N3O4/c1-10-9-11(17(19)20)5-6-12(10)15-7-8-16-13(18)21-14(2,3)4/h5-6,9,15H,7-8H2,1-4H3,(H,16,18). The molecule has 1 amide bonds. The Morgan fingerprint density at radius 3 is 2.52 bits per heavy atom. The highest BCUT2D eigenvalue weighted by Crippen LogP contribution is 2.20. The minimum absolute atomic E-state index is 0.0601. The van der Waals surface area contributed by atoms with E-state index < -0.39 is 16.6 Å². The fraction of sp³-hybridized carbons (Fsp3) is 0.500. The van der Waals surface area contributed by atoms with Crippen molar-refractivity contribution in [2.24, 2.45) is 0 Å². The maximum absolute atomic E-state index is 11.4. The van der Waals surface area contributed by atoms with Gasteiger partial charge in [0.25, 0.3) is 5.69 Å². The smallest absolute Gasteiger partial charge is 0.407 e. The highest BCUT2D eigenvalue weighted by molar-refractivity contribution is 5.67. The molecule has 116 valence electrons. The van der Waals surface area contributed by atoms with E-state index in [1.807, 2.05) is 0 Å². The van der Waals surface area contributed by atoms with Crippen LogP contribution < -0.4 is 10.6 Å². The van der Waals surface area contributed by atoms with E-state index in [1.54, 1.807) is 33.8 Å². The number of ether oxygens (including phenoxy) is 1. The summed E-state index contributed by atoms with van der Waals surface area (Å²) in [7, 11) is 0. The predicted molar refractivity (Wildman–Crippen MR) is 80.6 cm³/mol. The molecule has 0 atom stereocenters. The van der Waals surface area contributed by atoms with Crippen molar-refractivity contribution in [3.05, 3.63) is 33.9 Å². The van der Waals surface area contributed by atoms with E-state index in [9.17, 15) is 14.9 Å². The van der Waals surface area contributed by atoms with Crippen LogP contribution in [0.1, 0.15) is 26.3 Å².